The summed E-state index contributed by atoms with van der Waals surface area (Å²) in [7, 11) is 0. The van der Waals surface area contributed by atoms with Crippen LogP contribution in [0.2, 0.25) is 0 Å². The van der Waals surface area contributed by atoms with Gasteiger partial charge in [0.1, 0.15) is 0 Å². The van der Waals surface area contributed by atoms with Crippen LogP contribution in [0.25, 0.3) is 0 Å². The van der Waals surface area contributed by atoms with Crippen molar-refractivity contribution in [1.29, 1.82) is 0 Å². The Bertz CT molecular complexity index is 1300. The standard InChI is InChI=1S/C19H15NO.C16H24/c1-13-7-8-16(14(2)21)11-15(13)9-10-17-12-20-19-6-4-3-5-18(17)19;1-3-15-6-4-5-7-16(15)12-14-10-8-13(2)9-11-14/h3-8,11-12,18H,1-2H3;4-7,13-14H,3,8-12H2,1-2H3. The van der Waals surface area contributed by atoms with E-state index in [4.69, 9.17) is 0 Å². The molecule has 0 spiro atoms. The van der Waals surface area contributed by atoms with Crippen LogP contribution in [0.4, 0.5) is 0 Å². The molecule has 190 valence electrons. The summed E-state index contributed by atoms with van der Waals surface area (Å²) in [6, 6.07) is 14.6. The van der Waals surface area contributed by atoms with Gasteiger partial charge in [0.25, 0.3) is 0 Å². The highest BCUT2D eigenvalue weighted by Gasteiger charge is 2.21. The first kappa shape index (κ1) is 26.6. The van der Waals surface area contributed by atoms with Gasteiger partial charge in [-0.25, -0.2) is 0 Å². The van der Waals surface area contributed by atoms with E-state index < -0.39 is 0 Å². The van der Waals surface area contributed by atoms with E-state index in [0.29, 0.717) is 5.56 Å². The molecule has 0 bridgehead atoms. The molecule has 0 N–H and O–H groups in total. The Kier molecular flexibility index (Phi) is 9.13. The molecule has 1 fully saturated rings. The molecular weight excluding hydrogens is 450 g/mol. The fraction of sp³-hybridized carbons (Fsp3) is 0.371. The molecule has 2 aromatic carbocycles. The fourth-order valence-electron chi connectivity index (χ4n) is 5.31. The number of aryl methyl sites for hydroxylation is 2. The number of rotatable bonds is 4. The van der Waals surface area contributed by atoms with Gasteiger partial charge in [-0.2, -0.15) is 0 Å². The van der Waals surface area contributed by atoms with Gasteiger partial charge >= 0.3 is 0 Å². The Morgan fingerprint density at radius 2 is 1.76 bits per heavy atom. The Morgan fingerprint density at radius 1 is 1.00 bits per heavy atom. The van der Waals surface area contributed by atoms with Gasteiger partial charge < -0.3 is 0 Å². The number of allylic oxidation sites excluding steroid dienone is 5. The summed E-state index contributed by atoms with van der Waals surface area (Å²) in [4.78, 5) is 15.8. The third-order valence-corrected chi connectivity index (χ3v) is 7.82. The van der Waals surface area contributed by atoms with E-state index in [2.05, 4.69) is 61.0 Å². The highest BCUT2D eigenvalue weighted by atomic mass is 16.1. The predicted octanol–water partition coefficient (Wildman–Crippen LogP) is 8.25. The zero-order chi connectivity index (χ0) is 26.2. The molecule has 0 saturated heterocycles. The van der Waals surface area contributed by atoms with E-state index >= 15 is 0 Å². The minimum atomic E-state index is 0.0594. The molecule has 1 heterocycles. The van der Waals surface area contributed by atoms with Gasteiger partial charge in [-0.1, -0.05) is 93.2 Å². The molecular formula is C35H39NO. The molecule has 3 aliphatic rings. The van der Waals surface area contributed by atoms with E-state index in [1.54, 1.807) is 18.1 Å². The largest absolute Gasteiger partial charge is 0.295 e. The van der Waals surface area contributed by atoms with E-state index in [9.17, 15) is 4.79 Å². The maximum Gasteiger partial charge on any atom is 0.159 e. The van der Waals surface area contributed by atoms with Crippen LogP contribution in [0, 0.1) is 36.5 Å². The number of carbonyl (C=O) groups excluding carboxylic acids is 1. The van der Waals surface area contributed by atoms with Crippen molar-refractivity contribution in [3.05, 3.63) is 106 Å². The maximum atomic E-state index is 11.5. The molecule has 37 heavy (non-hydrogen) atoms. The summed E-state index contributed by atoms with van der Waals surface area (Å²) in [5.41, 5.74) is 7.86. The molecule has 0 aromatic heterocycles. The van der Waals surface area contributed by atoms with Gasteiger partial charge in [-0.15, -0.1) is 0 Å². The number of hydrogen-bond acceptors (Lipinski definition) is 2. The second kappa shape index (κ2) is 12.7. The van der Waals surface area contributed by atoms with Gasteiger partial charge in [0, 0.05) is 22.9 Å². The van der Waals surface area contributed by atoms with E-state index in [1.165, 1.54) is 38.5 Å². The number of nitrogens with zero attached hydrogens (tertiary/aromatic N) is 1. The van der Waals surface area contributed by atoms with Crippen molar-refractivity contribution in [1.82, 2.24) is 0 Å². The summed E-state index contributed by atoms with van der Waals surface area (Å²) in [5.74, 6) is 8.54. The molecule has 0 radical (unpaired) electrons. The summed E-state index contributed by atoms with van der Waals surface area (Å²) < 4.78 is 0. The van der Waals surface area contributed by atoms with E-state index in [-0.39, 0.29) is 11.7 Å². The van der Waals surface area contributed by atoms with Gasteiger partial charge in [0.2, 0.25) is 0 Å². The third kappa shape index (κ3) is 7.07. The van der Waals surface area contributed by atoms with Crippen LogP contribution in [0.5, 0.6) is 0 Å². The van der Waals surface area contributed by atoms with Crippen molar-refractivity contribution in [3.63, 3.8) is 0 Å². The average molecular weight is 490 g/mol. The van der Waals surface area contributed by atoms with Crippen LogP contribution in [0.3, 0.4) is 0 Å². The third-order valence-electron chi connectivity index (χ3n) is 7.82. The quantitative estimate of drug-likeness (QED) is 0.314. The predicted molar refractivity (Wildman–Crippen MR) is 156 cm³/mol. The lowest BCUT2D eigenvalue weighted by atomic mass is 9.79. The van der Waals surface area contributed by atoms with Crippen molar-refractivity contribution in [3.8, 4) is 11.8 Å². The minimum Gasteiger partial charge on any atom is -0.295 e. The number of ketones is 1. The molecule has 2 aliphatic carbocycles. The van der Waals surface area contributed by atoms with Gasteiger partial charge in [0.05, 0.1) is 11.6 Å². The van der Waals surface area contributed by atoms with E-state index in [0.717, 1.165) is 34.2 Å². The van der Waals surface area contributed by atoms with Crippen LogP contribution < -0.4 is 0 Å². The van der Waals surface area contributed by atoms with Gasteiger partial charge in [0.15, 0.2) is 5.78 Å². The minimum absolute atomic E-state index is 0.0594. The van der Waals surface area contributed by atoms with Crippen molar-refractivity contribution < 1.29 is 4.79 Å². The number of fused-ring (bicyclic) bond motifs is 1. The molecule has 2 aromatic rings. The monoisotopic (exact) mass is 489 g/mol. The van der Waals surface area contributed by atoms with Crippen LogP contribution in [-0.2, 0) is 12.8 Å². The molecule has 2 nitrogen and oxygen atoms in total. The van der Waals surface area contributed by atoms with Gasteiger partial charge in [-0.05, 0) is 80.2 Å². The summed E-state index contributed by atoms with van der Waals surface area (Å²) >= 11 is 0. The zero-order valence-corrected chi connectivity index (χ0v) is 22.8. The Morgan fingerprint density at radius 3 is 2.49 bits per heavy atom. The average Bonchev–Trinajstić information content (AvgIpc) is 3.33. The SMILES string of the molecule is CC(=O)c1ccc(C)c(C#CC2=CN=C3C=CC=CC23)c1.CCc1ccccc1CC1CCC(C)CC1. The zero-order valence-electron chi connectivity index (χ0n) is 22.8. The summed E-state index contributed by atoms with van der Waals surface area (Å²) in [6.45, 7) is 8.24. The Labute approximate surface area is 223 Å². The Hall–Kier alpha value is -3.44. The molecule has 0 amide bonds. The first-order valence-electron chi connectivity index (χ1n) is 13.8. The normalized spacial score (nSPS) is 21.6. The van der Waals surface area contributed by atoms with E-state index in [1.807, 2.05) is 49.6 Å². The van der Waals surface area contributed by atoms with Crippen LogP contribution >= 0.6 is 0 Å². The number of aliphatic imine (C=N–C) groups is 1. The van der Waals surface area contributed by atoms with Gasteiger partial charge in [-0.3, -0.25) is 9.79 Å². The molecule has 2 heteroatoms. The maximum absolute atomic E-state index is 11.5. The van der Waals surface area contributed by atoms with Crippen LogP contribution in [0.1, 0.15) is 79.1 Å². The van der Waals surface area contributed by atoms with Crippen molar-refractivity contribution in [2.24, 2.45) is 22.7 Å². The highest BCUT2D eigenvalue weighted by Crippen LogP contribution is 2.31. The lowest BCUT2D eigenvalue weighted by molar-refractivity contribution is 0.101. The Balaban J connectivity index is 0.000000180. The van der Waals surface area contributed by atoms with Crippen LogP contribution in [0.15, 0.2) is 83.5 Å². The molecule has 1 atom stereocenters. The molecule has 1 aliphatic heterocycles. The second-order valence-corrected chi connectivity index (χ2v) is 10.6. The number of benzene rings is 2. The molecule has 1 saturated carbocycles. The molecule has 1 unspecified atom stereocenters. The van der Waals surface area contributed by atoms with Crippen LogP contribution in [-0.4, -0.2) is 11.5 Å². The van der Waals surface area contributed by atoms with Crippen molar-refractivity contribution in [2.75, 3.05) is 0 Å². The highest BCUT2D eigenvalue weighted by molar-refractivity contribution is 6.04. The van der Waals surface area contributed by atoms with Crippen molar-refractivity contribution in [2.45, 2.75) is 66.2 Å². The number of hydrogen-bond donors (Lipinski definition) is 0. The molecule has 5 rings (SSSR count). The van der Waals surface area contributed by atoms with Crippen molar-refractivity contribution >= 4 is 11.5 Å². The smallest absolute Gasteiger partial charge is 0.159 e. The lowest BCUT2D eigenvalue weighted by Gasteiger charge is -2.26. The lowest BCUT2D eigenvalue weighted by Crippen LogP contribution is -2.15. The first-order chi connectivity index (χ1) is 17.9. The second-order valence-electron chi connectivity index (χ2n) is 10.6. The summed E-state index contributed by atoms with van der Waals surface area (Å²) in [6.07, 6.45) is 18.2. The first-order valence-corrected chi connectivity index (χ1v) is 13.8. The number of carbonyl (C=O) groups is 1. The topological polar surface area (TPSA) is 29.4 Å². The number of Topliss-reactive ketones (excluding diaryl/α,β-unsaturated/α-hetero) is 1. The summed E-state index contributed by atoms with van der Waals surface area (Å²) in [5, 5.41) is 0. The fourth-order valence-corrected chi connectivity index (χ4v) is 5.31.